The zero-order valence-electron chi connectivity index (χ0n) is 17.0. The number of carbonyl (C=O) groups is 2. The third kappa shape index (κ3) is 4.52. The summed E-state index contributed by atoms with van der Waals surface area (Å²) in [7, 11) is 1.57. The first kappa shape index (κ1) is 21.2. The molecule has 0 saturated carbocycles. The van der Waals surface area contributed by atoms with Gasteiger partial charge in [-0.05, 0) is 48.4 Å². The van der Waals surface area contributed by atoms with Gasteiger partial charge in [0.25, 0.3) is 11.8 Å². The predicted octanol–water partition coefficient (Wildman–Crippen LogP) is 3.36. The van der Waals surface area contributed by atoms with Crippen molar-refractivity contribution >= 4 is 46.2 Å². The van der Waals surface area contributed by atoms with Crippen molar-refractivity contribution in [1.82, 2.24) is 10.2 Å². The molecule has 0 atom stereocenters. The molecule has 9 heteroatoms. The topological polar surface area (TPSA) is 77.1 Å². The molecule has 0 aliphatic carbocycles. The van der Waals surface area contributed by atoms with E-state index < -0.39 is 0 Å². The molecule has 160 valence electrons. The van der Waals surface area contributed by atoms with Gasteiger partial charge in [-0.25, -0.2) is 0 Å². The maximum Gasteiger partial charge on any atom is 0.266 e. The minimum Gasteiger partial charge on any atom is -0.496 e. The van der Waals surface area contributed by atoms with Crippen molar-refractivity contribution in [3.8, 4) is 17.2 Å². The highest BCUT2D eigenvalue weighted by Gasteiger charge is 2.31. The molecule has 2 aliphatic rings. The Morgan fingerprint density at radius 3 is 2.87 bits per heavy atom. The van der Waals surface area contributed by atoms with E-state index >= 15 is 0 Å². The van der Waals surface area contributed by atoms with Crippen LogP contribution in [0.4, 0.5) is 0 Å². The first-order chi connectivity index (χ1) is 15.0. The van der Waals surface area contributed by atoms with Crippen LogP contribution in [0.5, 0.6) is 17.2 Å². The molecule has 7 nitrogen and oxygen atoms in total. The number of hydrogen-bond acceptors (Lipinski definition) is 7. The van der Waals surface area contributed by atoms with Gasteiger partial charge in [0, 0.05) is 18.7 Å². The van der Waals surface area contributed by atoms with Gasteiger partial charge in [-0.2, -0.15) is 0 Å². The minimum absolute atomic E-state index is 0.182. The van der Waals surface area contributed by atoms with Crippen LogP contribution in [-0.4, -0.2) is 48.0 Å². The maximum atomic E-state index is 12.8. The van der Waals surface area contributed by atoms with Gasteiger partial charge in [0.1, 0.15) is 10.1 Å². The maximum absolute atomic E-state index is 12.8. The number of thioether (sulfide) groups is 1. The van der Waals surface area contributed by atoms with E-state index in [1.165, 1.54) is 16.7 Å². The lowest BCUT2D eigenvalue weighted by atomic mass is 10.1. The van der Waals surface area contributed by atoms with Crippen molar-refractivity contribution in [3.05, 3.63) is 58.0 Å². The van der Waals surface area contributed by atoms with Crippen LogP contribution in [-0.2, 0) is 4.79 Å². The molecule has 2 heterocycles. The average Bonchev–Trinajstić information content (AvgIpc) is 3.33. The van der Waals surface area contributed by atoms with Crippen LogP contribution in [0.15, 0.2) is 41.3 Å². The summed E-state index contributed by atoms with van der Waals surface area (Å²) >= 11 is 6.60. The number of hydrogen-bond donors (Lipinski definition) is 1. The Bertz CT molecular complexity index is 1100. The first-order valence-corrected chi connectivity index (χ1v) is 10.8. The number of nitrogens with one attached hydrogen (secondary N) is 1. The second kappa shape index (κ2) is 8.99. The van der Waals surface area contributed by atoms with E-state index in [4.69, 9.17) is 26.4 Å². The molecule has 2 aliphatic heterocycles. The van der Waals surface area contributed by atoms with Gasteiger partial charge in [0.2, 0.25) is 6.79 Å². The summed E-state index contributed by atoms with van der Waals surface area (Å²) in [5, 5.41) is 2.82. The zero-order chi connectivity index (χ0) is 22.0. The summed E-state index contributed by atoms with van der Waals surface area (Å²) in [6.45, 7) is 2.67. The van der Waals surface area contributed by atoms with Crippen LogP contribution in [0.1, 0.15) is 21.5 Å². The second-order valence-corrected chi connectivity index (χ2v) is 8.56. The van der Waals surface area contributed by atoms with Crippen LogP contribution in [0, 0.1) is 6.92 Å². The van der Waals surface area contributed by atoms with Crippen molar-refractivity contribution in [2.24, 2.45) is 0 Å². The van der Waals surface area contributed by atoms with E-state index in [1.54, 1.807) is 25.3 Å². The van der Waals surface area contributed by atoms with E-state index in [0.29, 0.717) is 32.0 Å². The number of thiocarbonyl (C=S) groups is 1. The lowest BCUT2D eigenvalue weighted by Gasteiger charge is -2.15. The Morgan fingerprint density at radius 2 is 2.06 bits per heavy atom. The molecule has 0 radical (unpaired) electrons. The predicted molar refractivity (Wildman–Crippen MR) is 123 cm³/mol. The van der Waals surface area contributed by atoms with E-state index in [0.717, 1.165) is 11.1 Å². The molecular formula is C22H20N2O5S2. The summed E-state index contributed by atoms with van der Waals surface area (Å²) in [5.41, 5.74) is 2.27. The standard InChI is InChI=1S/C22H20N2O5S2/c1-13-3-5-15(11-17(13)27-2)20(25)23-7-8-24-21(26)19(31-22(24)30)10-14-4-6-16-18(9-14)29-12-28-16/h3-6,9-11H,7-8,12H2,1-2H3,(H,23,25)/b19-10-. The van der Waals surface area contributed by atoms with Crippen LogP contribution >= 0.6 is 24.0 Å². The van der Waals surface area contributed by atoms with Crippen molar-refractivity contribution in [2.75, 3.05) is 27.0 Å². The number of amides is 2. The fraction of sp³-hybridized carbons (Fsp3) is 0.227. The molecule has 2 aromatic rings. The molecule has 1 fully saturated rings. The molecule has 0 unspecified atom stereocenters. The third-order valence-corrected chi connectivity index (χ3v) is 6.24. The van der Waals surface area contributed by atoms with Gasteiger partial charge in [-0.1, -0.05) is 36.1 Å². The number of aryl methyl sites for hydroxylation is 1. The molecule has 0 aromatic heterocycles. The average molecular weight is 457 g/mol. The molecule has 4 rings (SSSR count). The SMILES string of the molecule is COc1cc(C(=O)NCCN2C(=O)/C(=C/c3ccc4c(c3)OCO4)SC2=S)ccc1C. The van der Waals surface area contributed by atoms with Crippen molar-refractivity contribution in [2.45, 2.75) is 6.92 Å². The van der Waals surface area contributed by atoms with E-state index in [2.05, 4.69) is 5.32 Å². The molecule has 0 spiro atoms. The number of carbonyl (C=O) groups excluding carboxylic acids is 2. The summed E-state index contributed by atoms with van der Waals surface area (Å²) in [6.07, 6.45) is 1.78. The van der Waals surface area contributed by atoms with Gasteiger partial charge in [-0.3, -0.25) is 14.5 Å². The van der Waals surface area contributed by atoms with Crippen LogP contribution in [0.2, 0.25) is 0 Å². The number of nitrogens with zero attached hydrogens (tertiary/aromatic N) is 1. The molecular weight excluding hydrogens is 436 g/mol. The lowest BCUT2D eigenvalue weighted by molar-refractivity contribution is -0.122. The fourth-order valence-electron chi connectivity index (χ4n) is 3.19. The number of rotatable bonds is 6. The second-order valence-electron chi connectivity index (χ2n) is 6.89. The highest BCUT2D eigenvalue weighted by Crippen LogP contribution is 2.36. The van der Waals surface area contributed by atoms with Gasteiger partial charge in [-0.15, -0.1) is 0 Å². The molecule has 2 aromatic carbocycles. The first-order valence-electron chi connectivity index (χ1n) is 9.54. The minimum atomic E-state index is -0.236. The van der Waals surface area contributed by atoms with Crippen LogP contribution in [0.3, 0.4) is 0 Å². The Morgan fingerprint density at radius 1 is 1.26 bits per heavy atom. The van der Waals surface area contributed by atoms with Gasteiger partial charge >= 0.3 is 0 Å². The smallest absolute Gasteiger partial charge is 0.266 e. The van der Waals surface area contributed by atoms with Gasteiger partial charge in [0.15, 0.2) is 11.5 Å². The lowest BCUT2D eigenvalue weighted by Crippen LogP contribution is -2.37. The number of methoxy groups -OCH3 is 1. The van der Waals surface area contributed by atoms with Crippen LogP contribution < -0.4 is 19.5 Å². The molecule has 1 saturated heterocycles. The third-order valence-electron chi connectivity index (χ3n) is 4.86. The number of fused-ring (bicyclic) bond motifs is 1. The highest BCUT2D eigenvalue weighted by atomic mass is 32.2. The van der Waals surface area contributed by atoms with E-state index in [9.17, 15) is 9.59 Å². The summed E-state index contributed by atoms with van der Waals surface area (Å²) in [5.74, 6) is 1.57. The van der Waals surface area contributed by atoms with Crippen molar-refractivity contribution < 1.29 is 23.8 Å². The Kier molecular flexibility index (Phi) is 6.15. The zero-order valence-corrected chi connectivity index (χ0v) is 18.6. The van der Waals surface area contributed by atoms with Gasteiger partial charge < -0.3 is 19.5 Å². The van der Waals surface area contributed by atoms with Gasteiger partial charge in [0.05, 0.1) is 12.0 Å². The largest absolute Gasteiger partial charge is 0.496 e. The number of ether oxygens (including phenoxy) is 3. The van der Waals surface area contributed by atoms with Crippen molar-refractivity contribution in [3.63, 3.8) is 0 Å². The number of benzene rings is 2. The normalized spacial score (nSPS) is 16.2. The summed E-state index contributed by atoms with van der Waals surface area (Å²) < 4.78 is 16.4. The Balaban J connectivity index is 1.37. The molecule has 31 heavy (non-hydrogen) atoms. The van der Waals surface area contributed by atoms with Crippen molar-refractivity contribution in [1.29, 1.82) is 0 Å². The summed E-state index contributed by atoms with van der Waals surface area (Å²) in [4.78, 5) is 27.2. The molecule has 0 bridgehead atoms. The van der Waals surface area contributed by atoms with E-state index in [-0.39, 0.29) is 31.7 Å². The molecule has 1 N–H and O–H groups in total. The van der Waals surface area contributed by atoms with Crippen LogP contribution in [0.25, 0.3) is 6.08 Å². The Hall–Kier alpha value is -3.04. The highest BCUT2D eigenvalue weighted by molar-refractivity contribution is 8.26. The van der Waals surface area contributed by atoms with E-state index in [1.807, 2.05) is 31.2 Å². The Labute approximate surface area is 189 Å². The summed E-state index contributed by atoms with van der Waals surface area (Å²) in [6, 6.07) is 10.8. The quantitative estimate of drug-likeness (QED) is 0.528. The molecule has 2 amide bonds. The fourth-order valence-corrected chi connectivity index (χ4v) is 4.50. The monoisotopic (exact) mass is 456 g/mol.